The van der Waals surface area contributed by atoms with E-state index in [0.29, 0.717) is 41.8 Å². The van der Waals surface area contributed by atoms with E-state index in [4.69, 9.17) is 19.7 Å². The smallest absolute Gasteiger partial charge is 0.321 e. The Morgan fingerprint density at radius 1 is 0.810 bits per heavy atom. The highest BCUT2D eigenvalue weighted by Crippen LogP contribution is 2.49. The van der Waals surface area contributed by atoms with Crippen LogP contribution in [-0.2, 0) is 14.3 Å². The molecule has 8 heteroatoms. The number of aliphatic imine (C=N–C) groups is 3. The van der Waals surface area contributed by atoms with E-state index in [1.54, 1.807) is 0 Å². The van der Waals surface area contributed by atoms with Crippen molar-refractivity contribution in [1.29, 1.82) is 0 Å². The van der Waals surface area contributed by atoms with Crippen molar-refractivity contribution in [1.82, 2.24) is 5.32 Å². The number of aliphatic hydroxyl groups excluding tert-OH is 1. The SMILES string of the molecule is CCC1=C(C)C2=NC1=CC1=C(C)C3=C(O)C(C(=O)OC)C(=C4NC(=CC5=NC(=C2)C(CC)=C5C)[C@@H](C)[C@@H]4CCC(=O)C/C=C(/C)CCCC(C)CCCC(C)CCCC(C)C)C3=N1. The Balaban J connectivity index is 1.23. The molecule has 1 fully saturated rings. The van der Waals surface area contributed by atoms with Gasteiger partial charge in [-0.05, 0) is 124 Å². The summed E-state index contributed by atoms with van der Waals surface area (Å²) in [5.74, 6) is 0.756. The molecule has 5 heterocycles. The lowest BCUT2D eigenvalue weighted by Gasteiger charge is -2.20. The molecule has 5 aliphatic heterocycles. The van der Waals surface area contributed by atoms with Gasteiger partial charge in [0, 0.05) is 47.2 Å². The lowest BCUT2D eigenvalue weighted by Crippen LogP contribution is -2.25. The monoisotopic (exact) mass is 857 g/mol. The number of hydrogen-bond acceptors (Lipinski definition) is 8. The topological polar surface area (TPSA) is 113 Å². The number of ether oxygens (including phenoxy) is 1. The summed E-state index contributed by atoms with van der Waals surface area (Å²) in [5.41, 5.74) is 14.5. The van der Waals surface area contributed by atoms with Gasteiger partial charge in [-0.2, -0.15) is 0 Å². The van der Waals surface area contributed by atoms with Crippen LogP contribution in [0.4, 0.5) is 0 Å². The molecule has 0 aromatic heterocycles. The summed E-state index contributed by atoms with van der Waals surface area (Å²) >= 11 is 0. The maximum atomic E-state index is 13.7. The van der Waals surface area contributed by atoms with Crippen molar-refractivity contribution in [2.45, 2.75) is 166 Å². The molecule has 6 aliphatic rings. The van der Waals surface area contributed by atoms with Gasteiger partial charge in [0.2, 0.25) is 0 Å². The molecule has 0 aromatic rings. The molecule has 0 aromatic carbocycles. The number of Topliss-reactive ketones (excluding diaryl/α,β-unsaturated/α-hetero) is 1. The number of allylic oxidation sites excluding steroid dienone is 13. The van der Waals surface area contributed by atoms with Crippen LogP contribution in [0.2, 0.25) is 0 Å². The lowest BCUT2D eigenvalue weighted by molar-refractivity contribution is -0.143. The van der Waals surface area contributed by atoms with Crippen LogP contribution in [-0.4, -0.2) is 41.1 Å². The quantitative estimate of drug-likeness (QED) is 0.0935. The zero-order valence-corrected chi connectivity index (χ0v) is 40.7. The summed E-state index contributed by atoms with van der Waals surface area (Å²) in [6, 6.07) is 0. The molecule has 63 heavy (non-hydrogen) atoms. The summed E-state index contributed by atoms with van der Waals surface area (Å²) in [5, 5.41) is 15.7. The fourth-order valence-electron chi connectivity index (χ4n) is 10.5. The van der Waals surface area contributed by atoms with Crippen molar-refractivity contribution in [3.8, 4) is 0 Å². The molecule has 1 aliphatic carbocycles. The minimum Gasteiger partial charge on any atom is -0.510 e. The van der Waals surface area contributed by atoms with Crippen LogP contribution in [0.5, 0.6) is 0 Å². The maximum Gasteiger partial charge on any atom is 0.321 e. The number of fused-ring (bicyclic) bond motifs is 5. The number of nitrogens with zero attached hydrogens (tertiary/aromatic N) is 3. The molecular formula is C55H76N4O4. The van der Waals surface area contributed by atoms with Gasteiger partial charge in [-0.1, -0.05) is 105 Å². The Bertz CT molecular complexity index is 2240. The third kappa shape index (κ3) is 10.5. The van der Waals surface area contributed by atoms with Gasteiger partial charge in [0.05, 0.1) is 41.3 Å². The van der Waals surface area contributed by atoms with Gasteiger partial charge >= 0.3 is 5.97 Å². The first-order valence-corrected chi connectivity index (χ1v) is 24.3. The van der Waals surface area contributed by atoms with Crippen molar-refractivity contribution >= 4 is 28.9 Å². The summed E-state index contributed by atoms with van der Waals surface area (Å²) in [7, 11) is 1.36. The van der Waals surface area contributed by atoms with E-state index >= 15 is 0 Å². The maximum absolute atomic E-state index is 13.7. The first-order valence-electron chi connectivity index (χ1n) is 24.3. The van der Waals surface area contributed by atoms with Gasteiger partial charge in [-0.15, -0.1) is 0 Å². The highest BCUT2D eigenvalue weighted by atomic mass is 16.5. The predicted octanol–water partition coefficient (Wildman–Crippen LogP) is 13.6. The summed E-state index contributed by atoms with van der Waals surface area (Å²) in [4.78, 5) is 42.9. The van der Waals surface area contributed by atoms with E-state index in [1.165, 1.54) is 63.2 Å². The Hall–Kier alpha value is -4.59. The first-order chi connectivity index (χ1) is 30.1. The third-order valence-electron chi connectivity index (χ3n) is 14.6. The number of nitrogens with one attached hydrogen (secondary N) is 1. The van der Waals surface area contributed by atoms with E-state index in [9.17, 15) is 14.7 Å². The van der Waals surface area contributed by atoms with Gasteiger partial charge in [0.25, 0.3) is 0 Å². The zero-order chi connectivity index (χ0) is 45.7. The van der Waals surface area contributed by atoms with Gasteiger partial charge in [-0.3, -0.25) is 9.59 Å². The largest absolute Gasteiger partial charge is 0.510 e. The number of rotatable bonds is 20. The average Bonchev–Trinajstić information content (AvgIpc) is 3.99. The van der Waals surface area contributed by atoms with Crippen molar-refractivity contribution < 1.29 is 19.4 Å². The summed E-state index contributed by atoms with van der Waals surface area (Å²) in [6.07, 6.45) is 22.8. The van der Waals surface area contributed by atoms with E-state index in [1.807, 2.05) is 13.0 Å². The number of methoxy groups -OCH3 is 1. The van der Waals surface area contributed by atoms with Crippen LogP contribution in [0, 0.1) is 35.5 Å². The Kier molecular flexibility index (Phi) is 15.9. The van der Waals surface area contributed by atoms with E-state index < -0.39 is 11.9 Å². The number of aliphatic hydroxyl groups is 1. The van der Waals surface area contributed by atoms with Crippen molar-refractivity contribution in [3.63, 3.8) is 0 Å². The normalized spacial score (nSPS) is 23.1. The lowest BCUT2D eigenvalue weighted by atomic mass is 9.83. The highest BCUT2D eigenvalue weighted by molar-refractivity contribution is 6.24. The van der Waals surface area contributed by atoms with Gasteiger partial charge in [0.15, 0.2) is 0 Å². The van der Waals surface area contributed by atoms with Crippen LogP contribution in [0.25, 0.3) is 0 Å². The standard InChI is InChI=1S/C55H76N4O4/c1-13-40-35(8)43-28-45-37(10)42(27-26-39(60)25-24-34(7)23-17-22-33(6)21-16-20-32(5)19-15-18-31(3)4)52(58-45)50-51(55(62)63-12)54(61)49-38(11)46(59-53(49)50)30-48-41(14-2)36(9)44(57-48)29-47(40)56-43/h24,28-33,37,42,51,58,61H,13-23,25-27H2,1-12H3/b34-24-,45-28?,47-29?,48-30?,52-50?/t32?,33?,37-,42-,51?/m0/s1. The molecule has 340 valence electrons. The second-order valence-electron chi connectivity index (χ2n) is 19.8. The summed E-state index contributed by atoms with van der Waals surface area (Å²) < 4.78 is 5.35. The van der Waals surface area contributed by atoms with Crippen LogP contribution < -0.4 is 5.32 Å². The molecule has 0 spiro atoms. The highest BCUT2D eigenvalue weighted by Gasteiger charge is 2.49. The van der Waals surface area contributed by atoms with Gasteiger partial charge in [-0.25, -0.2) is 15.0 Å². The van der Waals surface area contributed by atoms with Crippen LogP contribution in [0.3, 0.4) is 0 Å². The molecule has 2 N–H and O–H groups in total. The van der Waals surface area contributed by atoms with E-state index in [0.717, 1.165) is 99.9 Å². The van der Waals surface area contributed by atoms with Crippen LogP contribution >= 0.6 is 0 Å². The fraction of sp³-hybridized carbons (Fsp3) is 0.582. The second-order valence-corrected chi connectivity index (χ2v) is 19.8. The van der Waals surface area contributed by atoms with Gasteiger partial charge in [0.1, 0.15) is 17.5 Å². The molecule has 8 nitrogen and oxygen atoms in total. The van der Waals surface area contributed by atoms with E-state index in [-0.39, 0.29) is 23.4 Å². The average molecular weight is 857 g/mol. The number of ketones is 1. The third-order valence-corrected chi connectivity index (χ3v) is 14.6. The Morgan fingerprint density at radius 3 is 2.00 bits per heavy atom. The number of carbonyl (C=O) groups is 2. The van der Waals surface area contributed by atoms with Crippen LogP contribution in [0.15, 0.2) is 118 Å². The summed E-state index contributed by atoms with van der Waals surface area (Å²) in [6.45, 7) is 24.3. The van der Waals surface area contributed by atoms with Crippen LogP contribution in [0.1, 0.15) is 166 Å². The molecule has 6 rings (SSSR count). The molecule has 0 saturated carbocycles. The minimum absolute atomic E-state index is 0.0308. The molecular weight excluding hydrogens is 781 g/mol. The molecule has 0 radical (unpaired) electrons. The Morgan fingerprint density at radius 2 is 1.40 bits per heavy atom. The molecule has 5 atom stereocenters. The molecule has 1 saturated heterocycles. The van der Waals surface area contributed by atoms with E-state index in [2.05, 4.69) is 92.8 Å². The number of esters is 1. The minimum atomic E-state index is -1.04. The zero-order valence-electron chi connectivity index (χ0n) is 40.7. The van der Waals surface area contributed by atoms with Crippen molar-refractivity contribution in [2.24, 2.45) is 50.5 Å². The number of carbonyl (C=O) groups excluding carboxylic acids is 2. The second kappa shape index (κ2) is 20.9. The predicted molar refractivity (Wildman–Crippen MR) is 261 cm³/mol. The fourth-order valence-corrected chi connectivity index (χ4v) is 10.5. The number of hydrogen-bond donors (Lipinski definition) is 2. The Labute approximate surface area is 379 Å². The molecule has 3 unspecified atom stereocenters. The first kappa shape index (κ1) is 47.9. The van der Waals surface area contributed by atoms with Crippen molar-refractivity contribution in [3.05, 3.63) is 103 Å². The molecule has 8 bridgehead atoms. The van der Waals surface area contributed by atoms with Gasteiger partial charge < -0.3 is 15.2 Å². The van der Waals surface area contributed by atoms with Crippen molar-refractivity contribution in [2.75, 3.05) is 7.11 Å². The molecule has 0 amide bonds.